The molecule has 7 heteroatoms. The molecule has 0 unspecified atom stereocenters. The van der Waals surface area contributed by atoms with Gasteiger partial charge in [-0.3, -0.25) is 9.59 Å². The van der Waals surface area contributed by atoms with Crippen LogP contribution in [0.25, 0.3) is 11.2 Å². The maximum atomic E-state index is 11.3. The molecule has 0 fully saturated rings. The van der Waals surface area contributed by atoms with Crippen LogP contribution in [0.1, 0.15) is 6.92 Å². The van der Waals surface area contributed by atoms with Gasteiger partial charge in [0.15, 0.2) is 11.2 Å². The smallest absolute Gasteiger partial charge is 0.326 e. The lowest BCUT2D eigenvalue weighted by atomic mass is 10.5. The molecule has 2 rings (SSSR count). The number of imidazole rings is 1. The highest BCUT2D eigenvalue weighted by Crippen LogP contribution is 2.03. The first-order chi connectivity index (χ1) is 7.72. The second-order valence-corrected chi connectivity index (χ2v) is 3.08. The van der Waals surface area contributed by atoms with Crippen molar-refractivity contribution in [3.63, 3.8) is 0 Å². The molecular formula is C9H10N4O3. The Hall–Kier alpha value is -2.18. The molecule has 0 saturated carbocycles. The summed E-state index contributed by atoms with van der Waals surface area (Å²) in [5, 5.41) is 0. The zero-order valence-corrected chi connectivity index (χ0v) is 8.64. The van der Waals surface area contributed by atoms with Crippen LogP contribution in [0.4, 0.5) is 0 Å². The maximum absolute atomic E-state index is 11.3. The number of esters is 1. The van der Waals surface area contributed by atoms with Crippen LogP contribution in [0, 0.1) is 0 Å². The summed E-state index contributed by atoms with van der Waals surface area (Å²) in [5.74, 6) is -0.385. The fourth-order valence-electron chi connectivity index (χ4n) is 1.35. The summed E-state index contributed by atoms with van der Waals surface area (Å²) in [6.45, 7) is 2.05. The van der Waals surface area contributed by atoms with Gasteiger partial charge in [0.05, 0.1) is 19.3 Å². The first-order valence-corrected chi connectivity index (χ1v) is 4.76. The van der Waals surface area contributed by atoms with Crippen LogP contribution in [0.2, 0.25) is 0 Å². The molecule has 0 saturated heterocycles. The molecule has 0 aliphatic heterocycles. The average Bonchev–Trinajstić information content (AvgIpc) is 2.64. The van der Waals surface area contributed by atoms with Crippen LogP contribution >= 0.6 is 0 Å². The summed E-state index contributed by atoms with van der Waals surface area (Å²) in [5.41, 5.74) is 0.260. The number of carbonyl (C=O) groups is 1. The molecule has 84 valence electrons. The van der Waals surface area contributed by atoms with Crippen LogP contribution in [0.3, 0.4) is 0 Å². The molecule has 2 aromatic rings. The Labute approximate surface area is 90.1 Å². The van der Waals surface area contributed by atoms with Gasteiger partial charge in [0.2, 0.25) is 0 Å². The van der Waals surface area contributed by atoms with Crippen LogP contribution in [-0.2, 0) is 16.1 Å². The number of nitrogens with zero attached hydrogens (tertiary/aromatic N) is 3. The molecule has 0 aliphatic rings. The highest BCUT2D eigenvalue weighted by molar-refractivity contribution is 5.74. The zero-order valence-electron chi connectivity index (χ0n) is 8.64. The van der Waals surface area contributed by atoms with Crippen molar-refractivity contribution in [1.82, 2.24) is 19.5 Å². The van der Waals surface area contributed by atoms with Gasteiger partial charge in [-0.15, -0.1) is 0 Å². The third-order valence-corrected chi connectivity index (χ3v) is 2.01. The average molecular weight is 222 g/mol. The van der Waals surface area contributed by atoms with Crippen molar-refractivity contribution in [3.05, 3.63) is 23.0 Å². The second kappa shape index (κ2) is 4.13. The zero-order chi connectivity index (χ0) is 11.5. The molecule has 0 aromatic carbocycles. The van der Waals surface area contributed by atoms with E-state index in [9.17, 15) is 9.59 Å². The third-order valence-electron chi connectivity index (χ3n) is 2.01. The van der Waals surface area contributed by atoms with E-state index < -0.39 is 0 Å². The van der Waals surface area contributed by atoms with E-state index in [2.05, 4.69) is 15.0 Å². The molecule has 1 N–H and O–H groups in total. The number of fused-ring (bicyclic) bond motifs is 1. The van der Waals surface area contributed by atoms with E-state index in [0.29, 0.717) is 12.3 Å². The number of aromatic amines is 1. The van der Waals surface area contributed by atoms with Gasteiger partial charge in [-0.2, -0.15) is 0 Å². The Morgan fingerprint density at radius 3 is 3.12 bits per heavy atom. The van der Waals surface area contributed by atoms with Crippen molar-refractivity contribution >= 4 is 17.1 Å². The minimum absolute atomic E-state index is 0.000787. The number of carbonyl (C=O) groups excluding carboxylic acids is 1. The molecular weight excluding hydrogens is 212 g/mol. The largest absolute Gasteiger partial charge is 0.465 e. The molecule has 0 radical (unpaired) electrons. The molecule has 0 atom stereocenters. The van der Waals surface area contributed by atoms with Gasteiger partial charge in [-0.25, -0.2) is 9.97 Å². The summed E-state index contributed by atoms with van der Waals surface area (Å²) >= 11 is 0. The summed E-state index contributed by atoms with van der Waals surface area (Å²) < 4.78 is 6.27. The number of hydrogen-bond acceptors (Lipinski definition) is 5. The molecule has 2 heterocycles. The van der Waals surface area contributed by atoms with E-state index in [1.807, 2.05) is 0 Å². The topological polar surface area (TPSA) is 89.9 Å². The van der Waals surface area contributed by atoms with Crippen LogP contribution < -0.4 is 5.56 Å². The highest BCUT2D eigenvalue weighted by Gasteiger charge is 2.10. The van der Waals surface area contributed by atoms with Gasteiger partial charge in [0.1, 0.15) is 6.54 Å². The lowest BCUT2D eigenvalue weighted by molar-refractivity contribution is -0.143. The van der Waals surface area contributed by atoms with E-state index >= 15 is 0 Å². The monoisotopic (exact) mass is 222 g/mol. The first kappa shape index (κ1) is 10.3. The number of nitrogens with one attached hydrogen (secondary N) is 1. The van der Waals surface area contributed by atoms with Crippen molar-refractivity contribution in [2.75, 3.05) is 6.61 Å². The first-order valence-electron chi connectivity index (χ1n) is 4.76. The minimum Gasteiger partial charge on any atom is -0.465 e. The van der Waals surface area contributed by atoms with E-state index in [4.69, 9.17) is 4.74 Å². The SMILES string of the molecule is CCOC(=O)Cn1cnc2c(=O)[nH]cnc21. The van der Waals surface area contributed by atoms with Gasteiger partial charge in [0.25, 0.3) is 5.56 Å². The van der Waals surface area contributed by atoms with Crippen LogP contribution in [-0.4, -0.2) is 32.1 Å². The molecule has 0 amide bonds. The predicted octanol–water partition coefficient (Wildman–Crippen LogP) is -0.317. The lowest BCUT2D eigenvalue weighted by Crippen LogP contribution is -2.14. The maximum Gasteiger partial charge on any atom is 0.326 e. The Morgan fingerprint density at radius 2 is 2.38 bits per heavy atom. The molecule has 0 aliphatic carbocycles. The number of aromatic nitrogens is 4. The molecule has 0 spiro atoms. The van der Waals surface area contributed by atoms with Gasteiger partial charge in [-0.1, -0.05) is 0 Å². The molecule has 0 bridgehead atoms. The van der Waals surface area contributed by atoms with Crippen LogP contribution in [0.15, 0.2) is 17.4 Å². The fraction of sp³-hybridized carbons (Fsp3) is 0.333. The van der Waals surface area contributed by atoms with Gasteiger partial charge in [-0.05, 0) is 6.92 Å². The van der Waals surface area contributed by atoms with E-state index in [1.54, 1.807) is 6.92 Å². The van der Waals surface area contributed by atoms with Crippen molar-refractivity contribution in [3.8, 4) is 0 Å². The predicted molar refractivity (Wildman–Crippen MR) is 54.8 cm³/mol. The third kappa shape index (κ3) is 1.79. The number of ether oxygens (including phenoxy) is 1. The summed E-state index contributed by atoms with van der Waals surface area (Å²) in [4.78, 5) is 32.8. The van der Waals surface area contributed by atoms with Crippen molar-refractivity contribution in [1.29, 1.82) is 0 Å². The van der Waals surface area contributed by atoms with Crippen molar-refractivity contribution < 1.29 is 9.53 Å². The Balaban J connectivity index is 2.36. The van der Waals surface area contributed by atoms with Crippen LogP contribution in [0.5, 0.6) is 0 Å². The van der Waals surface area contributed by atoms with Gasteiger partial charge in [0, 0.05) is 0 Å². The summed E-state index contributed by atoms with van der Waals surface area (Å²) in [6.07, 6.45) is 2.66. The van der Waals surface area contributed by atoms with E-state index in [0.717, 1.165) is 0 Å². The van der Waals surface area contributed by atoms with Crippen molar-refractivity contribution in [2.45, 2.75) is 13.5 Å². The lowest BCUT2D eigenvalue weighted by Gasteiger charge is -2.02. The van der Waals surface area contributed by atoms with E-state index in [-0.39, 0.29) is 23.6 Å². The second-order valence-electron chi connectivity index (χ2n) is 3.08. The number of hydrogen-bond donors (Lipinski definition) is 1. The summed E-state index contributed by atoms with van der Waals surface area (Å²) in [6, 6.07) is 0. The Bertz CT molecular complexity index is 571. The Kier molecular flexibility index (Phi) is 2.67. The van der Waals surface area contributed by atoms with Crippen molar-refractivity contribution in [2.24, 2.45) is 0 Å². The number of H-pyrrole nitrogens is 1. The quantitative estimate of drug-likeness (QED) is 0.719. The molecule has 2 aromatic heterocycles. The normalized spacial score (nSPS) is 10.6. The highest BCUT2D eigenvalue weighted by atomic mass is 16.5. The molecule has 16 heavy (non-hydrogen) atoms. The van der Waals surface area contributed by atoms with Gasteiger partial charge < -0.3 is 14.3 Å². The molecule has 7 nitrogen and oxygen atoms in total. The fourth-order valence-corrected chi connectivity index (χ4v) is 1.35. The Morgan fingerprint density at radius 1 is 1.56 bits per heavy atom. The summed E-state index contributed by atoms with van der Waals surface area (Å²) in [7, 11) is 0. The standard InChI is InChI=1S/C9H10N4O3/c1-2-16-6(14)3-13-5-12-7-8(13)10-4-11-9(7)15/h4-5H,2-3H2,1H3,(H,10,11,15). The van der Waals surface area contributed by atoms with E-state index in [1.165, 1.54) is 17.2 Å². The minimum atomic E-state index is -0.385. The number of rotatable bonds is 3. The van der Waals surface area contributed by atoms with Gasteiger partial charge >= 0.3 is 5.97 Å².